The summed E-state index contributed by atoms with van der Waals surface area (Å²) in [5.74, 6) is -0.940. The van der Waals surface area contributed by atoms with Crippen molar-refractivity contribution in [3.63, 3.8) is 0 Å². The summed E-state index contributed by atoms with van der Waals surface area (Å²) in [5, 5.41) is 11.7. The molecule has 2 N–H and O–H groups in total. The molecule has 1 aliphatic rings. The zero-order valence-corrected chi connectivity index (χ0v) is 11.5. The van der Waals surface area contributed by atoms with Crippen molar-refractivity contribution in [2.45, 2.75) is 25.8 Å². The first-order chi connectivity index (χ1) is 9.65. The third-order valence-corrected chi connectivity index (χ3v) is 3.52. The molecule has 1 amide bonds. The van der Waals surface area contributed by atoms with Crippen molar-refractivity contribution in [3.05, 3.63) is 35.4 Å². The first-order valence-electron chi connectivity index (χ1n) is 6.96. The van der Waals surface area contributed by atoms with E-state index in [1.807, 2.05) is 6.07 Å². The van der Waals surface area contributed by atoms with Crippen LogP contribution in [0.2, 0.25) is 0 Å². The van der Waals surface area contributed by atoms with Gasteiger partial charge in [0.2, 0.25) is 5.91 Å². The van der Waals surface area contributed by atoms with E-state index in [0.29, 0.717) is 13.0 Å². The summed E-state index contributed by atoms with van der Waals surface area (Å²) >= 11 is 0. The second-order valence-corrected chi connectivity index (χ2v) is 5.08. The Morgan fingerprint density at radius 1 is 1.25 bits per heavy atom. The zero-order chi connectivity index (χ0) is 14.4. The third-order valence-electron chi connectivity index (χ3n) is 3.52. The largest absolute Gasteiger partial charge is 0.478 e. The van der Waals surface area contributed by atoms with Gasteiger partial charge in [-0.05, 0) is 43.6 Å². The van der Waals surface area contributed by atoms with Gasteiger partial charge < -0.3 is 15.3 Å². The highest BCUT2D eigenvalue weighted by molar-refractivity contribution is 5.87. The molecule has 5 nitrogen and oxygen atoms in total. The molecule has 2 rings (SSSR count). The molecule has 1 aromatic rings. The minimum Gasteiger partial charge on any atom is -0.478 e. The van der Waals surface area contributed by atoms with Gasteiger partial charge in [0.25, 0.3) is 0 Å². The minimum absolute atomic E-state index is 0.0117. The summed E-state index contributed by atoms with van der Waals surface area (Å²) in [6.45, 7) is 3.36. The Morgan fingerprint density at radius 2 is 2.00 bits per heavy atom. The Balaban J connectivity index is 1.75. The second-order valence-electron chi connectivity index (χ2n) is 5.08. The monoisotopic (exact) mass is 276 g/mol. The maximum atomic E-state index is 11.7. The number of hydrogen-bond donors (Lipinski definition) is 2. The number of carbonyl (C=O) groups excluding carboxylic acids is 1. The van der Waals surface area contributed by atoms with Crippen LogP contribution in [0.4, 0.5) is 0 Å². The molecule has 1 heterocycles. The summed E-state index contributed by atoms with van der Waals surface area (Å²) in [7, 11) is 0. The average Bonchev–Trinajstić information content (AvgIpc) is 2.96. The molecule has 108 valence electrons. The van der Waals surface area contributed by atoms with Gasteiger partial charge in [-0.1, -0.05) is 12.1 Å². The number of rotatable bonds is 6. The minimum atomic E-state index is -0.952. The van der Waals surface area contributed by atoms with Gasteiger partial charge in [0, 0.05) is 19.5 Å². The number of hydrogen-bond acceptors (Lipinski definition) is 3. The van der Waals surface area contributed by atoms with E-state index in [4.69, 9.17) is 5.11 Å². The van der Waals surface area contributed by atoms with Crippen molar-refractivity contribution < 1.29 is 14.7 Å². The maximum absolute atomic E-state index is 11.7. The van der Waals surface area contributed by atoms with E-state index in [-0.39, 0.29) is 11.5 Å². The molecule has 0 atom stereocenters. The van der Waals surface area contributed by atoms with E-state index in [0.717, 1.165) is 25.2 Å². The highest BCUT2D eigenvalue weighted by atomic mass is 16.4. The highest BCUT2D eigenvalue weighted by Gasteiger charge is 2.12. The molecule has 0 unspecified atom stereocenters. The number of carboxylic acid groups (broad SMARTS) is 1. The number of amides is 1. The fourth-order valence-corrected chi connectivity index (χ4v) is 2.37. The van der Waals surface area contributed by atoms with Crippen molar-refractivity contribution in [1.82, 2.24) is 10.2 Å². The van der Waals surface area contributed by atoms with Crippen LogP contribution >= 0.6 is 0 Å². The van der Waals surface area contributed by atoms with Crippen LogP contribution in [0.5, 0.6) is 0 Å². The third kappa shape index (κ3) is 4.35. The molecule has 1 aromatic carbocycles. The lowest BCUT2D eigenvalue weighted by molar-refractivity contribution is -0.121. The van der Waals surface area contributed by atoms with Crippen molar-refractivity contribution in [1.29, 1.82) is 0 Å². The van der Waals surface area contributed by atoms with Crippen LogP contribution in [0.25, 0.3) is 0 Å². The second kappa shape index (κ2) is 7.05. The SMILES string of the molecule is O=C(CCN1CCCC1)NCc1cccc(C(=O)O)c1. The van der Waals surface area contributed by atoms with Crippen LogP contribution in [0, 0.1) is 0 Å². The molecule has 20 heavy (non-hydrogen) atoms. The standard InChI is InChI=1S/C15H20N2O3/c18-14(6-9-17-7-1-2-8-17)16-11-12-4-3-5-13(10-12)15(19)20/h3-5,10H,1-2,6-9,11H2,(H,16,18)(H,19,20). The summed E-state index contributed by atoms with van der Waals surface area (Å²) in [4.78, 5) is 24.9. The Bertz CT molecular complexity index is 482. The lowest BCUT2D eigenvalue weighted by atomic mass is 10.1. The summed E-state index contributed by atoms with van der Waals surface area (Å²) < 4.78 is 0. The van der Waals surface area contributed by atoms with Gasteiger partial charge in [-0.3, -0.25) is 4.79 Å². The normalized spacial score (nSPS) is 15.2. The Hall–Kier alpha value is -1.88. The summed E-state index contributed by atoms with van der Waals surface area (Å²) in [6, 6.07) is 6.63. The van der Waals surface area contributed by atoms with Gasteiger partial charge >= 0.3 is 5.97 Å². The van der Waals surface area contributed by atoms with E-state index in [1.54, 1.807) is 18.2 Å². The number of benzene rings is 1. The van der Waals surface area contributed by atoms with Gasteiger partial charge in [0.05, 0.1) is 5.56 Å². The van der Waals surface area contributed by atoms with Crippen molar-refractivity contribution >= 4 is 11.9 Å². The van der Waals surface area contributed by atoms with Gasteiger partial charge in [-0.15, -0.1) is 0 Å². The number of nitrogens with one attached hydrogen (secondary N) is 1. The van der Waals surface area contributed by atoms with Crippen molar-refractivity contribution in [3.8, 4) is 0 Å². The topological polar surface area (TPSA) is 69.6 Å². The Labute approximate surface area is 118 Å². The lowest BCUT2D eigenvalue weighted by Gasteiger charge is -2.14. The molecule has 0 aromatic heterocycles. The molecule has 0 bridgehead atoms. The predicted octanol–water partition coefficient (Wildman–Crippen LogP) is 1.49. The molecular weight excluding hydrogens is 256 g/mol. The molecule has 0 saturated carbocycles. The van der Waals surface area contributed by atoms with E-state index in [1.165, 1.54) is 12.8 Å². The van der Waals surface area contributed by atoms with Crippen LogP contribution in [-0.2, 0) is 11.3 Å². The molecule has 1 fully saturated rings. The van der Waals surface area contributed by atoms with Crippen LogP contribution in [0.1, 0.15) is 35.2 Å². The number of likely N-dealkylation sites (tertiary alicyclic amines) is 1. The van der Waals surface area contributed by atoms with E-state index < -0.39 is 5.97 Å². The highest BCUT2D eigenvalue weighted by Crippen LogP contribution is 2.08. The van der Waals surface area contributed by atoms with Crippen molar-refractivity contribution in [2.24, 2.45) is 0 Å². The van der Waals surface area contributed by atoms with Gasteiger partial charge in [-0.2, -0.15) is 0 Å². The first kappa shape index (κ1) is 14.5. The fraction of sp³-hybridized carbons (Fsp3) is 0.467. The molecule has 5 heteroatoms. The Kier molecular flexibility index (Phi) is 5.12. The van der Waals surface area contributed by atoms with Crippen LogP contribution in [0.3, 0.4) is 0 Å². The molecular formula is C15H20N2O3. The fourth-order valence-electron chi connectivity index (χ4n) is 2.37. The average molecular weight is 276 g/mol. The molecule has 1 aliphatic heterocycles. The van der Waals surface area contributed by atoms with Gasteiger partial charge in [0.15, 0.2) is 0 Å². The first-order valence-corrected chi connectivity index (χ1v) is 6.96. The molecule has 1 saturated heterocycles. The van der Waals surface area contributed by atoms with Gasteiger partial charge in [-0.25, -0.2) is 4.79 Å². The van der Waals surface area contributed by atoms with E-state index in [2.05, 4.69) is 10.2 Å². The zero-order valence-electron chi connectivity index (χ0n) is 11.5. The molecule has 0 aliphatic carbocycles. The maximum Gasteiger partial charge on any atom is 0.335 e. The summed E-state index contributed by atoms with van der Waals surface area (Å²) in [6.07, 6.45) is 2.95. The van der Waals surface area contributed by atoms with Crippen LogP contribution in [-0.4, -0.2) is 41.5 Å². The molecule has 0 radical (unpaired) electrons. The number of aromatic carboxylic acids is 1. The Morgan fingerprint density at radius 3 is 2.70 bits per heavy atom. The van der Waals surface area contributed by atoms with Crippen LogP contribution in [0.15, 0.2) is 24.3 Å². The predicted molar refractivity (Wildman–Crippen MR) is 75.5 cm³/mol. The lowest BCUT2D eigenvalue weighted by Crippen LogP contribution is -2.29. The number of carbonyl (C=O) groups is 2. The number of nitrogens with zero attached hydrogens (tertiary/aromatic N) is 1. The van der Waals surface area contributed by atoms with E-state index >= 15 is 0 Å². The van der Waals surface area contributed by atoms with Gasteiger partial charge in [0.1, 0.15) is 0 Å². The van der Waals surface area contributed by atoms with Crippen LogP contribution < -0.4 is 5.32 Å². The summed E-state index contributed by atoms with van der Waals surface area (Å²) in [5.41, 5.74) is 1.05. The number of carboxylic acids is 1. The quantitative estimate of drug-likeness (QED) is 0.826. The smallest absolute Gasteiger partial charge is 0.335 e. The van der Waals surface area contributed by atoms with E-state index in [9.17, 15) is 9.59 Å². The van der Waals surface area contributed by atoms with Crippen molar-refractivity contribution in [2.75, 3.05) is 19.6 Å². The molecule has 0 spiro atoms.